The summed E-state index contributed by atoms with van der Waals surface area (Å²) in [5.41, 5.74) is 2.18. The number of benzene rings is 1. The van der Waals surface area contributed by atoms with E-state index in [4.69, 9.17) is 4.74 Å². The number of esters is 1. The van der Waals surface area contributed by atoms with E-state index in [1.165, 1.54) is 0 Å². The van der Waals surface area contributed by atoms with E-state index in [1.54, 1.807) is 18.2 Å². The van der Waals surface area contributed by atoms with Crippen molar-refractivity contribution in [2.45, 2.75) is 19.4 Å². The predicted octanol–water partition coefficient (Wildman–Crippen LogP) is 1.44. The number of amides is 1. The van der Waals surface area contributed by atoms with Gasteiger partial charge in [-0.2, -0.15) is 5.10 Å². The second-order valence-corrected chi connectivity index (χ2v) is 4.68. The van der Waals surface area contributed by atoms with Gasteiger partial charge in [-0.25, -0.2) is 4.79 Å². The van der Waals surface area contributed by atoms with Crippen LogP contribution in [0, 0.1) is 6.92 Å². The number of hydrogen-bond acceptors (Lipinski definition) is 4. The minimum atomic E-state index is -0.825. The molecule has 2 heterocycles. The highest BCUT2D eigenvalue weighted by molar-refractivity contribution is 5.99. The minimum absolute atomic E-state index is 0.372. The minimum Gasteiger partial charge on any atom is -0.448 e. The molecule has 1 aliphatic rings. The second-order valence-electron chi connectivity index (χ2n) is 4.68. The number of aromatic amines is 1. The highest BCUT2D eigenvalue weighted by Gasteiger charge is 2.31. The first-order valence-electron chi connectivity index (χ1n) is 6.25. The topological polar surface area (TPSA) is 84.1 Å². The molecule has 0 spiro atoms. The smallest absolute Gasteiger partial charge is 0.339 e. The molecule has 2 aromatic rings. The third kappa shape index (κ3) is 2.27. The van der Waals surface area contributed by atoms with E-state index in [0.29, 0.717) is 17.8 Å². The van der Waals surface area contributed by atoms with Crippen molar-refractivity contribution in [1.29, 1.82) is 0 Å². The molecular weight excluding hydrogens is 258 g/mol. The van der Waals surface area contributed by atoms with Crippen LogP contribution >= 0.6 is 0 Å². The first kappa shape index (κ1) is 12.4. The molecule has 0 saturated heterocycles. The van der Waals surface area contributed by atoms with Gasteiger partial charge >= 0.3 is 5.97 Å². The van der Waals surface area contributed by atoms with Crippen molar-refractivity contribution in [3.8, 4) is 0 Å². The molecule has 0 saturated carbocycles. The molecule has 0 bridgehead atoms. The normalized spacial score (nSPS) is 17.2. The first-order chi connectivity index (χ1) is 9.63. The van der Waals surface area contributed by atoms with Gasteiger partial charge < -0.3 is 10.1 Å². The number of aromatic nitrogens is 2. The Morgan fingerprint density at radius 2 is 2.25 bits per heavy atom. The standard InChI is InChI=1S/C14H13N3O3/c1-8-6-12(17-16-8)15-13(18)11-7-9-4-2-3-5-10(9)14(19)20-11/h2-6,11H,7H2,1H3,(H2,15,16,17,18)/t11-/m0/s1. The van der Waals surface area contributed by atoms with Crippen molar-refractivity contribution in [2.75, 3.05) is 5.32 Å². The van der Waals surface area contributed by atoms with E-state index in [9.17, 15) is 9.59 Å². The molecule has 0 radical (unpaired) electrons. The Balaban J connectivity index is 1.76. The molecule has 6 heteroatoms. The summed E-state index contributed by atoms with van der Waals surface area (Å²) in [6.07, 6.45) is -0.452. The van der Waals surface area contributed by atoms with Crippen molar-refractivity contribution in [1.82, 2.24) is 10.2 Å². The fourth-order valence-corrected chi connectivity index (χ4v) is 2.17. The maximum absolute atomic E-state index is 12.1. The van der Waals surface area contributed by atoms with E-state index >= 15 is 0 Å². The Labute approximate surface area is 115 Å². The fraction of sp³-hybridized carbons (Fsp3) is 0.214. The van der Waals surface area contributed by atoms with Crippen molar-refractivity contribution in [3.63, 3.8) is 0 Å². The summed E-state index contributed by atoms with van der Waals surface area (Å²) in [6, 6.07) is 8.84. The number of rotatable bonds is 2. The summed E-state index contributed by atoms with van der Waals surface area (Å²) >= 11 is 0. The van der Waals surface area contributed by atoms with Crippen LogP contribution in [-0.2, 0) is 16.0 Å². The fourth-order valence-electron chi connectivity index (χ4n) is 2.17. The summed E-state index contributed by atoms with van der Waals surface area (Å²) < 4.78 is 5.16. The van der Waals surface area contributed by atoms with Crippen molar-refractivity contribution >= 4 is 17.7 Å². The van der Waals surface area contributed by atoms with Gasteiger partial charge in [0.05, 0.1) is 5.56 Å². The molecule has 1 aromatic heterocycles. The van der Waals surface area contributed by atoms with Gasteiger partial charge in [-0.15, -0.1) is 0 Å². The van der Waals surface area contributed by atoms with Gasteiger partial charge in [0.25, 0.3) is 5.91 Å². The second kappa shape index (κ2) is 4.80. The van der Waals surface area contributed by atoms with E-state index in [1.807, 2.05) is 19.1 Å². The van der Waals surface area contributed by atoms with Gasteiger partial charge in [0.2, 0.25) is 0 Å². The Bertz CT molecular complexity index is 678. The van der Waals surface area contributed by atoms with Crippen LogP contribution in [0.15, 0.2) is 30.3 Å². The first-order valence-corrected chi connectivity index (χ1v) is 6.25. The molecule has 6 nitrogen and oxygen atoms in total. The van der Waals surface area contributed by atoms with E-state index in [0.717, 1.165) is 11.3 Å². The lowest BCUT2D eigenvalue weighted by Gasteiger charge is -2.23. The average molecular weight is 271 g/mol. The molecule has 1 amide bonds. The molecule has 1 atom stereocenters. The molecule has 3 rings (SSSR count). The third-order valence-corrected chi connectivity index (χ3v) is 3.14. The van der Waals surface area contributed by atoms with Gasteiger partial charge in [0.15, 0.2) is 11.9 Å². The molecule has 0 unspecified atom stereocenters. The van der Waals surface area contributed by atoms with Crippen LogP contribution in [0.1, 0.15) is 21.6 Å². The van der Waals surface area contributed by atoms with Crippen molar-refractivity contribution in [2.24, 2.45) is 0 Å². The lowest BCUT2D eigenvalue weighted by molar-refractivity contribution is -0.125. The van der Waals surface area contributed by atoms with E-state index in [2.05, 4.69) is 15.5 Å². The van der Waals surface area contributed by atoms with E-state index < -0.39 is 12.1 Å². The van der Waals surface area contributed by atoms with Crippen LogP contribution in [0.4, 0.5) is 5.82 Å². The molecule has 1 aliphatic heterocycles. The number of aryl methyl sites for hydroxylation is 1. The molecular formula is C14H13N3O3. The SMILES string of the molecule is Cc1cc(NC(=O)[C@@H]2Cc3ccccc3C(=O)O2)n[nH]1. The van der Waals surface area contributed by atoms with E-state index in [-0.39, 0.29) is 5.91 Å². The number of carbonyl (C=O) groups is 2. The largest absolute Gasteiger partial charge is 0.448 e. The molecule has 0 aliphatic carbocycles. The number of H-pyrrole nitrogens is 1. The van der Waals surface area contributed by atoms with Crippen molar-refractivity contribution < 1.29 is 14.3 Å². The van der Waals surface area contributed by atoms with Crippen LogP contribution in [0.3, 0.4) is 0 Å². The number of ether oxygens (including phenoxy) is 1. The Kier molecular flexibility index (Phi) is 2.98. The van der Waals surface area contributed by atoms with Crippen molar-refractivity contribution in [3.05, 3.63) is 47.2 Å². The number of carbonyl (C=O) groups excluding carboxylic acids is 2. The summed E-state index contributed by atoms with van der Waals surface area (Å²) in [6.45, 7) is 1.83. The summed E-state index contributed by atoms with van der Waals surface area (Å²) in [5, 5.41) is 9.27. The zero-order valence-electron chi connectivity index (χ0n) is 10.8. The quantitative estimate of drug-likeness (QED) is 0.809. The zero-order valence-corrected chi connectivity index (χ0v) is 10.8. The van der Waals surface area contributed by atoms with Crippen LogP contribution in [-0.4, -0.2) is 28.2 Å². The van der Waals surface area contributed by atoms with Crippen LogP contribution in [0.2, 0.25) is 0 Å². The number of anilines is 1. The predicted molar refractivity (Wildman–Crippen MR) is 71.3 cm³/mol. The average Bonchev–Trinajstić information content (AvgIpc) is 2.84. The van der Waals surface area contributed by atoms with Crippen LogP contribution in [0.25, 0.3) is 0 Å². The van der Waals surface area contributed by atoms with Gasteiger partial charge in [0.1, 0.15) is 0 Å². The molecule has 20 heavy (non-hydrogen) atoms. The van der Waals surface area contributed by atoms with Gasteiger partial charge in [-0.3, -0.25) is 9.89 Å². The van der Waals surface area contributed by atoms with Gasteiger partial charge in [0, 0.05) is 18.2 Å². The lowest BCUT2D eigenvalue weighted by atomic mass is 9.98. The highest BCUT2D eigenvalue weighted by atomic mass is 16.5. The van der Waals surface area contributed by atoms with Crippen LogP contribution in [0.5, 0.6) is 0 Å². The lowest BCUT2D eigenvalue weighted by Crippen LogP contribution is -2.38. The Morgan fingerprint density at radius 1 is 1.45 bits per heavy atom. The molecule has 102 valence electrons. The zero-order chi connectivity index (χ0) is 14.1. The number of hydrogen-bond donors (Lipinski definition) is 2. The number of fused-ring (bicyclic) bond motifs is 1. The highest BCUT2D eigenvalue weighted by Crippen LogP contribution is 2.21. The summed E-state index contributed by atoms with van der Waals surface area (Å²) in [4.78, 5) is 23.9. The number of cyclic esters (lactones) is 1. The summed E-state index contributed by atoms with van der Waals surface area (Å²) in [5.74, 6) is -0.424. The van der Waals surface area contributed by atoms with Gasteiger partial charge in [-0.1, -0.05) is 18.2 Å². The Hall–Kier alpha value is -2.63. The van der Waals surface area contributed by atoms with Gasteiger partial charge in [-0.05, 0) is 18.6 Å². The number of nitrogens with zero attached hydrogens (tertiary/aromatic N) is 1. The molecule has 0 fully saturated rings. The monoisotopic (exact) mass is 271 g/mol. The maximum atomic E-state index is 12.1. The third-order valence-electron chi connectivity index (χ3n) is 3.14. The molecule has 1 aromatic carbocycles. The summed E-state index contributed by atoms with van der Waals surface area (Å²) in [7, 11) is 0. The Morgan fingerprint density at radius 3 is 3.00 bits per heavy atom. The molecule has 2 N–H and O–H groups in total. The maximum Gasteiger partial charge on any atom is 0.339 e. The van der Waals surface area contributed by atoms with Crippen LogP contribution < -0.4 is 5.32 Å². The number of nitrogens with one attached hydrogen (secondary N) is 2.